The van der Waals surface area contributed by atoms with Gasteiger partial charge in [-0.3, -0.25) is 4.79 Å². The number of carbonyl (C=O) groups excluding carboxylic acids is 1. The third-order valence-corrected chi connectivity index (χ3v) is 5.25. The zero-order valence-electron chi connectivity index (χ0n) is 13.7. The zero-order chi connectivity index (χ0) is 15.1. The summed E-state index contributed by atoms with van der Waals surface area (Å²) in [7, 11) is 0. The lowest BCUT2D eigenvalue weighted by molar-refractivity contribution is -0.122. The summed E-state index contributed by atoms with van der Waals surface area (Å²) in [5.41, 5.74) is 6.10. The highest BCUT2D eigenvalue weighted by Crippen LogP contribution is 2.28. The topological polar surface area (TPSA) is 58.4 Å². The molecule has 1 amide bonds. The van der Waals surface area contributed by atoms with Gasteiger partial charge in [-0.15, -0.1) is 0 Å². The van der Waals surface area contributed by atoms with Crippen molar-refractivity contribution in [3.05, 3.63) is 0 Å². The molecule has 1 heterocycles. The van der Waals surface area contributed by atoms with E-state index in [4.69, 9.17) is 5.73 Å². The van der Waals surface area contributed by atoms with Crippen LogP contribution in [0.1, 0.15) is 71.1 Å². The number of hydrogen-bond acceptors (Lipinski definition) is 3. The number of nitrogens with one attached hydrogen (secondary N) is 1. The predicted molar refractivity (Wildman–Crippen MR) is 87.1 cm³/mol. The third-order valence-electron chi connectivity index (χ3n) is 5.25. The fourth-order valence-corrected chi connectivity index (χ4v) is 3.81. The summed E-state index contributed by atoms with van der Waals surface area (Å²) in [6.07, 6.45) is 11.2. The van der Waals surface area contributed by atoms with Gasteiger partial charge in [-0.25, -0.2) is 0 Å². The molecular weight excluding hydrogens is 262 g/mol. The minimum atomic E-state index is -0.232. The molecular formula is C17H33N3O. The van der Waals surface area contributed by atoms with Crippen LogP contribution in [-0.4, -0.2) is 42.0 Å². The van der Waals surface area contributed by atoms with Crippen molar-refractivity contribution in [2.24, 2.45) is 5.73 Å². The van der Waals surface area contributed by atoms with Crippen molar-refractivity contribution >= 4 is 5.91 Å². The summed E-state index contributed by atoms with van der Waals surface area (Å²) in [5.74, 6) is 0.145. The van der Waals surface area contributed by atoms with Gasteiger partial charge < -0.3 is 16.0 Å². The Bertz CT molecular complexity index is 326. The number of piperidine rings is 1. The highest BCUT2D eigenvalue weighted by molar-refractivity contribution is 5.77. The van der Waals surface area contributed by atoms with Crippen LogP contribution in [0.15, 0.2) is 0 Å². The van der Waals surface area contributed by atoms with E-state index in [1.54, 1.807) is 0 Å². The van der Waals surface area contributed by atoms with Crippen molar-refractivity contribution in [3.63, 3.8) is 0 Å². The van der Waals surface area contributed by atoms with E-state index < -0.39 is 0 Å². The quantitative estimate of drug-likeness (QED) is 0.740. The van der Waals surface area contributed by atoms with E-state index >= 15 is 0 Å². The average Bonchev–Trinajstić information content (AvgIpc) is 2.45. The van der Waals surface area contributed by atoms with Crippen LogP contribution < -0.4 is 11.1 Å². The van der Waals surface area contributed by atoms with Crippen molar-refractivity contribution in [1.82, 2.24) is 10.2 Å². The molecule has 122 valence electrons. The van der Waals surface area contributed by atoms with Gasteiger partial charge in [0.1, 0.15) is 0 Å². The van der Waals surface area contributed by atoms with Gasteiger partial charge in [0.05, 0.1) is 0 Å². The molecule has 3 N–H and O–H groups in total. The number of carbonyl (C=O) groups is 1. The van der Waals surface area contributed by atoms with Crippen molar-refractivity contribution in [2.75, 3.05) is 19.6 Å². The lowest BCUT2D eigenvalue weighted by atomic mass is 9.80. The number of amides is 1. The normalized spacial score (nSPS) is 26.5. The second-order valence-electron chi connectivity index (χ2n) is 7.18. The van der Waals surface area contributed by atoms with E-state index in [-0.39, 0.29) is 11.4 Å². The number of hydrogen-bond donors (Lipinski definition) is 2. The molecule has 0 aromatic carbocycles. The first kappa shape index (κ1) is 16.8. The third kappa shape index (κ3) is 5.59. The fourth-order valence-electron chi connectivity index (χ4n) is 3.81. The van der Waals surface area contributed by atoms with Crippen molar-refractivity contribution in [3.8, 4) is 0 Å². The summed E-state index contributed by atoms with van der Waals surface area (Å²) in [5, 5.41) is 3.06. The second kappa shape index (κ2) is 8.14. The van der Waals surface area contributed by atoms with E-state index in [2.05, 4.69) is 17.1 Å². The Morgan fingerprint density at radius 1 is 1.24 bits per heavy atom. The maximum Gasteiger partial charge on any atom is 0.221 e. The molecule has 0 spiro atoms. The Morgan fingerprint density at radius 2 is 2.00 bits per heavy atom. The molecule has 1 unspecified atom stereocenters. The van der Waals surface area contributed by atoms with E-state index in [0.29, 0.717) is 12.5 Å². The maximum absolute atomic E-state index is 12.0. The maximum atomic E-state index is 12.0. The molecule has 1 aliphatic heterocycles. The molecule has 2 fully saturated rings. The SMILES string of the molecule is CC1CCCCN1CCCNC(=O)CC1(N)CCCCC1. The monoisotopic (exact) mass is 295 g/mol. The van der Waals surface area contributed by atoms with Crippen LogP contribution in [0.2, 0.25) is 0 Å². The van der Waals surface area contributed by atoms with E-state index in [0.717, 1.165) is 32.4 Å². The van der Waals surface area contributed by atoms with Crippen molar-refractivity contribution < 1.29 is 4.79 Å². The summed E-state index contributed by atoms with van der Waals surface area (Å²) in [6.45, 7) is 5.44. The first-order chi connectivity index (χ1) is 10.1. The minimum absolute atomic E-state index is 0.145. The Morgan fingerprint density at radius 3 is 2.71 bits per heavy atom. The Kier molecular flexibility index (Phi) is 6.49. The minimum Gasteiger partial charge on any atom is -0.356 e. The molecule has 4 heteroatoms. The Hall–Kier alpha value is -0.610. The second-order valence-corrected chi connectivity index (χ2v) is 7.18. The smallest absolute Gasteiger partial charge is 0.221 e. The van der Waals surface area contributed by atoms with Crippen LogP contribution >= 0.6 is 0 Å². The van der Waals surface area contributed by atoms with Crippen LogP contribution in [0.25, 0.3) is 0 Å². The number of nitrogens with zero attached hydrogens (tertiary/aromatic N) is 1. The average molecular weight is 295 g/mol. The highest BCUT2D eigenvalue weighted by atomic mass is 16.1. The molecule has 1 saturated heterocycles. The summed E-state index contributed by atoms with van der Waals surface area (Å²) in [4.78, 5) is 14.6. The van der Waals surface area contributed by atoms with Gasteiger partial charge in [-0.05, 0) is 45.6 Å². The Balaban J connectivity index is 1.58. The van der Waals surface area contributed by atoms with Gasteiger partial charge in [0, 0.05) is 31.1 Å². The molecule has 1 aliphatic carbocycles. The molecule has 1 saturated carbocycles. The number of nitrogens with two attached hydrogens (primary N) is 1. The van der Waals surface area contributed by atoms with Gasteiger partial charge in [0.15, 0.2) is 0 Å². The largest absolute Gasteiger partial charge is 0.356 e. The van der Waals surface area contributed by atoms with Gasteiger partial charge >= 0.3 is 0 Å². The van der Waals surface area contributed by atoms with Crippen LogP contribution in [0, 0.1) is 0 Å². The lowest BCUT2D eigenvalue weighted by Gasteiger charge is -2.33. The molecule has 21 heavy (non-hydrogen) atoms. The van der Waals surface area contributed by atoms with Crippen LogP contribution in [0.3, 0.4) is 0 Å². The van der Waals surface area contributed by atoms with Crippen LogP contribution in [-0.2, 0) is 4.79 Å². The predicted octanol–water partition coefficient (Wildman–Crippen LogP) is 2.42. The van der Waals surface area contributed by atoms with Crippen molar-refractivity contribution in [1.29, 1.82) is 0 Å². The molecule has 4 nitrogen and oxygen atoms in total. The molecule has 0 bridgehead atoms. The van der Waals surface area contributed by atoms with Gasteiger partial charge in [-0.2, -0.15) is 0 Å². The van der Waals surface area contributed by atoms with Gasteiger partial charge in [0.25, 0.3) is 0 Å². The summed E-state index contributed by atoms with van der Waals surface area (Å²) < 4.78 is 0. The molecule has 0 aromatic rings. The fraction of sp³-hybridized carbons (Fsp3) is 0.941. The van der Waals surface area contributed by atoms with Gasteiger partial charge in [0.2, 0.25) is 5.91 Å². The lowest BCUT2D eigenvalue weighted by Crippen LogP contribution is -2.46. The Labute approximate surface area is 129 Å². The number of rotatable bonds is 6. The highest BCUT2D eigenvalue weighted by Gasteiger charge is 2.29. The molecule has 2 rings (SSSR count). The first-order valence-corrected chi connectivity index (χ1v) is 8.89. The number of likely N-dealkylation sites (tertiary alicyclic amines) is 1. The summed E-state index contributed by atoms with van der Waals surface area (Å²) >= 11 is 0. The molecule has 1 atom stereocenters. The van der Waals surface area contributed by atoms with Crippen molar-refractivity contribution in [2.45, 2.75) is 82.7 Å². The zero-order valence-corrected chi connectivity index (χ0v) is 13.7. The molecule has 0 radical (unpaired) electrons. The first-order valence-electron chi connectivity index (χ1n) is 8.89. The van der Waals surface area contributed by atoms with Crippen LogP contribution in [0.5, 0.6) is 0 Å². The standard InChI is InChI=1S/C17H33N3O/c1-15-8-3-6-12-20(15)13-7-11-19-16(21)14-17(18)9-4-2-5-10-17/h15H,2-14,18H2,1H3,(H,19,21). The van der Waals surface area contributed by atoms with Gasteiger partial charge in [-0.1, -0.05) is 25.7 Å². The molecule has 2 aliphatic rings. The van der Waals surface area contributed by atoms with Crippen LogP contribution in [0.4, 0.5) is 0 Å². The van der Waals surface area contributed by atoms with E-state index in [9.17, 15) is 4.79 Å². The van der Waals surface area contributed by atoms with E-state index in [1.165, 1.54) is 45.1 Å². The van der Waals surface area contributed by atoms with E-state index in [1.807, 2.05) is 0 Å². The summed E-state index contributed by atoms with van der Waals surface area (Å²) in [6, 6.07) is 0.712. The molecule has 0 aromatic heterocycles.